The van der Waals surface area contributed by atoms with Crippen molar-refractivity contribution in [3.05, 3.63) is 98.4 Å². The molecular weight excluding hydrogens is 432 g/mol. The molecule has 4 aromatic rings. The first kappa shape index (κ1) is 22.0. The number of nitrogens with zero attached hydrogens (tertiary/aromatic N) is 2. The Hall–Kier alpha value is -2.80. The molecule has 6 heteroatoms. The van der Waals surface area contributed by atoms with Gasteiger partial charge in [-0.05, 0) is 54.9 Å². The van der Waals surface area contributed by atoms with Gasteiger partial charge in [0.1, 0.15) is 10.9 Å². The summed E-state index contributed by atoms with van der Waals surface area (Å²) in [6, 6.07) is 18.1. The largest absolute Gasteiger partial charge is 0.389 e. The molecular formula is C27H28N2O3S. The second kappa shape index (κ2) is 9.59. The molecule has 2 aromatic carbocycles. The first-order valence-corrected chi connectivity index (χ1v) is 12.3. The number of hydrogen-bond donors (Lipinski definition) is 1. The fourth-order valence-electron chi connectivity index (χ4n) is 4.67. The van der Waals surface area contributed by atoms with E-state index in [1.807, 2.05) is 42.5 Å². The van der Waals surface area contributed by atoms with Crippen molar-refractivity contribution in [2.24, 2.45) is 0 Å². The van der Waals surface area contributed by atoms with Gasteiger partial charge in [-0.2, -0.15) is 0 Å². The Bertz CT molecular complexity index is 1310. The van der Waals surface area contributed by atoms with E-state index in [0.29, 0.717) is 0 Å². The summed E-state index contributed by atoms with van der Waals surface area (Å²) in [7, 11) is 0. The molecule has 0 spiro atoms. The second-order valence-corrected chi connectivity index (χ2v) is 9.81. The number of aliphatic hydroxyl groups is 1. The van der Waals surface area contributed by atoms with Crippen molar-refractivity contribution in [3.8, 4) is 0 Å². The molecule has 0 saturated heterocycles. The van der Waals surface area contributed by atoms with Gasteiger partial charge in [-0.1, -0.05) is 54.6 Å². The molecule has 1 N–H and O–H groups in total. The predicted octanol–water partition coefficient (Wildman–Crippen LogP) is 4.81. The molecule has 0 fully saturated rings. The monoisotopic (exact) mass is 460 g/mol. The van der Waals surface area contributed by atoms with E-state index in [9.17, 15) is 9.90 Å². The summed E-state index contributed by atoms with van der Waals surface area (Å²) in [5, 5.41) is 11.5. The van der Waals surface area contributed by atoms with Crippen LogP contribution in [0.25, 0.3) is 10.2 Å². The van der Waals surface area contributed by atoms with E-state index in [0.717, 1.165) is 46.2 Å². The highest BCUT2D eigenvalue weighted by atomic mass is 32.1. The lowest BCUT2D eigenvalue weighted by molar-refractivity contribution is -0.00118. The van der Waals surface area contributed by atoms with Crippen molar-refractivity contribution < 1.29 is 9.84 Å². The van der Waals surface area contributed by atoms with Gasteiger partial charge in [0.05, 0.1) is 31.0 Å². The van der Waals surface area contributed by atoms with Crippen molar-refractivity contribution in [1.29, 1.82) is 0 Å². The number of aliphatic hydroxyl groups excluding tert-OH is 1. The Morgan fingerprint density at radius 3 is 2.67 bits per heavy atom. The van der Waals surface area contributed by atoms with Gasteiger partial charge in [0.2, 0.25) is 0 Å². The van der Waals surface area contributed by atoms with Crippen LogP contribution in [0.1, 0.15) is 46.1 Å². The number of aryl methyl sites for hydroxylation is 3. The molecule has 5 rings (SSSR count). The highest BCUT2D eigenvalue weighted by Gasteiger charge is 2.22. The zero-order valence-corrected chi connectivity index (χ0v) is 19.6. The van der Waals surface area contributed by atoms with Crippen molar-refractivity contribution >= 4 is 21.6 Å². The minimum atomic E-state index is -0.827. The number of thiophene rings is 1. The lowest BCUT2D eigenvalue weighted by Crippen LogP contribution is -2.30. The normalized spacial score (nSPS) is 15.3. The summed E-state index contributed by atoms with van der Waals surface area (Å²) >= 11 is 1.64. The Labute approximate surface area is 197 Å². The highest BCUT2D eigenvalue weighted by molar-refractivity contribution is 7.18. The number of fused-ring (bicyclic) bond motifs is 3. The van der Waals surface area contributed by atoms with Crippen LogP contribution in [-0.2, 0) is 24.1 Å². The van der Waals surface area contributed by atoms with Crippen LogP contribution in [0.5, 0.6) is 0 Å². The molecule has 0 bridgehead atoms. The average molecular weight is 461 g/mol. The van der Waals surface area contributed by atoms with Gasteiger partial charge in [0, 0.05) is 4.88 Å². The summed E-state index contributed by atoms with van der Waals surface area (Å²) in [5.41, 5.74) is 4.35. The van der Waals surface area contributed by atoms with Crippen molar-refractivity contribution in [2.75, 3.05) is 6.61 Å². The summed E-state index contributed by atoms with van der Waals surface area (Å²) in [4.78, 5) is 19.8. The SMILES string of the molecule is Cc1ccccc1[C@@H](OC[C@@H](O)Cn1cnc2sc3c(c2c1=O)CCCC3)c1ccccc1. The van der Waals surface area contributed by atoms with E-state index >= 15 is 0 Å². The van der Waals surface area contributed by atoms with E-state index in [1.165, 1.54) is 21.4 Å². The van der Waals surface area contributed by atoms with Gasteiger partial charge >= 0.3 is 0 Å². The van der Waals surface area contributed by atoms with Gasteiger partial charge in [0.25, 0.3) is 5.56 Å². The number of benzene rings is 2. The van der Waals surface area contributed by atoms with Crippen LogP contribution in [0.2, 0.25) is 0 Å². The molecule has 2 heterocycles. The molecule has 1 aliphatic carbocycles. The van der Waals surface area contributed by atoms with Crippen molar-refractivity contribution in [1.82, 2.24) is 9.55 Å². The van der Waals surface area contributed by atoms with Crippen LogP contribution in [0.4, 0.5) is 0 Å². The van der Waals surface area contributed by atoms with Gasteiger partial charge in [-0.3, -0.25) is 9.36 Å². The molecule has 0 aliphatic heterocycles. The van der Waals surface area contributed by atoms with Crippen molar-refractivity contribution in [3.63, 3.8) is 0 Å². The van der Waals surface area contributed by atoms with Gasteiger partial charge in [0.15, 0.2) is 0 Å². The summed E-state index contributed by atoms with van der Waals surface area (Å²) in [6.07, 6.45) is 4.71. The first-order valence-electron chi connectivity index (χ1n) is 11.5. The number of aromatic nitrogens is 2. The summed E-state index contributed by atoms with van der Waals surface area (Å²) in [5.74, 6) is 0. The summed E-state index contributed by atoms with van der Waals surface area (Å²) in [6.45, 7) is 2.33. The third kappa shape index (κ3) is 4.51. The van der Waals surface area contributed by atoms with Gasteiger partial charge in [-0.25, -0.2) is 4.98 Å². The van der Waals surface area contributed by atoms with Crippen LogP contribution in [0.15, 0.2) is 65.7 Å². The maximum absolute atomic E-state index is 13.2. The molecule has 0 amide bonds. The molecule has 0 unspecified atom stereocenters. The second-order valence-electron chi connectivity index (χ2n) is 8.73. The molecule has 170 valence electrons. The molecule has 0 saturated carbocycles. The highest BCUT2D eigenvalue weighted by Crippen LogP contribution is 2.33. The fraction of sp³-hybridized carbons (Fsp3) is 0.333. The molecule has 0 radical (unpaired) electrons. The van der Waals surface area contributed by atoms with E-state index in [4.69, 9.17) is 4.74 Å². The molecule has 1 aliphatic rings. The standard InChI is InChI=1S/C27H28N2O3S/c1-18-9-5-6-12-21(18)25(19-10-3-2-4-11-19)32-16-20(30)15-29-17-28-26-24(27(29)31)22-13-7-8-14-23(22)33-26/h2-6,9-12,17,20,25,30H,7-8,13-16H2,1H3/t20-,25-/m0/s1. The van der Waals surface area contributed by atoms with Gasteiger partial charge < -0.3 is 9.84 Å². The zero-order valence-electron chi connectivity index (χ0n) is 18.7. The van der Waals surface area contributed by atoms with Gasteiger partial charge in [-0.15, -0.1) is 11.3 Å². The topological polar surface area (TPSA) is 64.3 Å². The van der Waals surface area contributed by atoms with Crippen LogP contribution < -0.4 is 5.56 Å². The number of ether oxygens (including phenoxy) is 1. The Kier molecular flexibility index (Phi) is 6.40. The number of hydrogen-bond acceptors (Lipinski definition) is 5. The fourth-order valence-corrected chi connectivity index (χ4v) is 5.89. The van der Waals surface area contributed by atoms with E-state index in [1.54, 1.807) is 17.7 Å². The molecule has 2 aromatic heterocycles. The molecule has 2 atom stereocenters. The zero-order chi connectivity index (χ0) is 22.8. The summed E-state index contributed by atoms with van der Waals surface area (Å²) < 4.78 is 7.78. The number of rotatable bonds is 7. The molecule has 5 nitrogen and oxygen atoms in total. The van der Waals surface area contributed by atoms with Crippen molar-refractivity contribution in [2.45, 2.75) is 51.4 Å². The van der Waals surface area contributed by atoms with Crippen LogP contribution in [0.3, 0.4) is 0 Å². The average Bonchev–Trinajstić information content (AvgIpc) is 3.22. The Balaban J connectivity index is 1.35. The predicted molar refractivity (Wildman–Crippen MR) is 132 cm³/mol. The third-order valence-corrected chi connectivity index (χ3v) is 7.58. The van der Waals surface area contributed by atoms with Crippen LogP contribution in [0, 0.1) is 6.92 Å². The van der Waals surface area contributed by atoms with E-state index in [2.05, 4.69) is 24.0 Å². The lowest BCUT2D eigenvalue weighted by atomic mass is 9.97. The maximum Gasteiger partial charge on any atom is 0.262 e. The lowest BCUT2D eigenvalue weighted by Gasteiger charge is -2.23. The minimum absolute atomic E-state index is 0.0584. The van der Waals surface area contributed by atoms with Crippen LogP contribution in [-0.4, -0.2) is 27.4 Å². The Morgan fingerprint density at radius 2 is 1.85 bits per heavy atom. The van der Waals surface area contributed by atoms with Crippen LogP contribution >= 0.6 is 11.3 Å². The minimum Gasteiger partial charge on any atom is -0.389 e. The third-order valence-electron chi connectivity index (χ3n) is 6.38. The first-order chi connectivity index (χ1) is 16.1. The van der Waals surface area contributed by atoms with E-state index < -0.39 is 6.10 Å². The molecule has 33 heavy (non-hydrogen) atoms. The smallest absolute Gasteiger partial charge is 0.262 e. The quantitative estimate of drug-likeness (QED) is 0.430. The Morgan fingerprint density at radius 1 is 1.09 bits per heavy atom. The maximum atomic E-state index is 13.2. The van der Waals surface area contributed by atoms with E-state index in [-0.39, 0.29) is 24.8 Å².